The van der Waals surface area contributed by atoms with E-state index < -0.39 is 0 Å². The van der Waals surface area contributed by atoms with Crippen molar-refractivity contribution in [2.24, 2.45) is 0 Å². The number of rotatable bonds is 5. The minimum atomic E-state index is 0.900. The van der Waals surface area contributed by atoms with Crippen LogP contribution in [0.4, 0.5) is 0 Å². The van der Waals surface area contributed by atoms with Gasteiger partial charge < -0.3 is 5.32 Å². The molecule has 0 unspecified atom stereocenters. The van der Waals surface area contributed by atoms with Crippen LogP contribution in [0.3, 0.4) is 0 Å². The van der Waals surface area contributed by atoms with Gasteiger partial charge >= 0.3 is 0 Å². The van der Waals surface area contributed by atoms with Crippen molar-refractivity contribution < 1.29 is 0 Å². The van der Waals surface area contributed by atoms with Crippen LogP contribution in [-0.2, 0) is 12.8 Å². The molecule has 0 atom stereocenters. The molecule has 0 aromatic carbocycles. The fraction of sp³-hybridized carbons (Fsp3) is 0.750. The van der Waals surface area contributed by atoms with Crippen molar-refractivity contribution in [3.8, 4) is 0 Å². The van der Waals surface area contributed by atoms with Gasteiger partial charge in [-0.3, -0.25) is 5.10 Å². The van der Waals surface area contributed by atoms with Gasteiger partial charge in [-0.2, -0.15) is 5.10 Å². The molecule has 12 heavy (non-hydrogen) atoms. The van der Waals surface area contributed by atoms with Gasteiger partial charge in [-0.25, -0.2) is 4.98 Å². The van der Waals surface area contributed by atoms with E-state index in [2.05, 4.69) is 27.4 Å². The second-order valence-corrected chi connectivity index (χ2v) is 2.80. The highest BCUT2D eigenvalue weighted by Gasteiger charge is 2.00. The van der Waals surface area contributed by atoms with Crippen molar-refractivity contribution in [1.29, 1.82) is 0 Å². The molecule has 0 aliphatic rings. The van der Waals surface area contributed by atoms with Gasteiger partial charge in [0, 0.05) is 19.4 Å². The van der Waals surface area contributed by atoms with Gasteiger partial charge in [0.25, 0.3) is 0 Å². The van der Waals surface area contributed by atoms with Gasteiger partial charge in [0.1, 0.15) is 5.82 Å². The summed E-state index contributed by atoms with van der Waals surface area (Å²) in [5, 5.41) is 10.1. The van der Waals surface area contributed by atoms with E-state index in [1.165, 1.54) is 0 Å². The van der Waals surface area contributed by atoms with Gasteiger partial charge in [-0.15, -0.1) is 0 Å². The lowest BCUT2D eigenvalue weighted by Crippen LogP contribution is -2.11. The number of hydrogen-bond donors (Lipinski definition) is 2. The number of nitrogens with one attached hydrogen (secondary N) is 2. The van der Waals surface area contributed by atoms with E-state index in [-0.39, 0.29) is 0 Å². The Morgan fingerprint density at radius 1 is 1.42 bits per heavy atom. The van der Waals surface area contributed by atoms with Crippen molar-refractivity contribution in [1.82, 2.24) is 20.5 Å². The molecule has 68 valence electrons. The van der Waals surface area contributed by atoms with E-state index in [1.54, 1.807) is 0 Å². The third-order valence-electron chi connectivity index (χ3n) is 1.66. The second-order valence-electron chi connectivity index (χ2n) is 2.80. The molecule has 0 aliphatic heterocycles. The number of aromatic amines is 1. The second kappa shape index (κ2) is 4.87. The zero-order valence-electron chi connectivity index (χ0n) is 7.72. The summed E-state index contributed by atoms with van der Waals surface area (Å²) in [7, 11) is 1.93. The fourth-order valence-corrected chi connectivity index (χ4v) is 1.03. The zero-order valence-corrected chi connectivity index (χ0v) is 7.72. The van der Waals surface area contributed by atoms with Crippen LogP contribution in [0.5, 0.6) is 0 Å². The minimum Gasteiger partial charge on any atom is -0.319 e. The maximum absolute atomic E-state index is 4.33. The molecule has 0 spiro atoms. The van der Waals surface area contributed by atoms with Gasteiger partial charge in [0.05, 0.1) is 0 Å². The number of aromatic nitrogens is 3. The Balaban J connectivity index is 2.41. The molecular weight excluding hydrogens is 152 g/mol. The van der Waals surface area contributed by atoms with Crippen molar-refractivity contribution in [2.45, 2.75) is 26.2 Å². The Morgan fingerprint density at radius 2 is 2.25 bits per heavy atom. The first-order chi connectivity index (χ1) is 5.86. The van der Waals surface area contributed by atoms with Crippen LogP contribution in [0.15, 0.2) is 0 Å². The Kier molecular flexibility index (Phi) is 3.73. The molecular formula is C8H16N4. The van der Waals surface area contributed by atoms with E-state index >= 15 is 0 Å². The largest absolute Gasteiger partial charge is 0.319 e. The number of hydrogen-bond acceptors (Lipinski definition) is 3. The lowest BCUT2D eigenvalue weighted by atomic mass is 10.3. The summed E-state index contributed by atoms with van der Waals surface area (Å²) in [5.41, 5.74) is 0. The van der Waals surface area contributed by atoms with Gasteiger partial charge in [0.2, 0.25) is 0 Å². The monoisotopic (exact) mass is 168 g/mol. The van der Waals surface area contributed by atoms with E-state index in [1.807, 2.05) is 7.05 Å². The van der Waals surface area contributed by atoms with Crippen LogP contribution in [0.2, 0.25) is 0 Å². The Bertz CT molecular complexity index is 219. The summed E-state index contributed by atoms with van der Waals surface area (Å²) in [6, 6.07) is 0. The van der Waals surface area contributed by atoms with Crippen molar-refractivity contribution >= 4 is 0 Å². The predicted octanol–water partition coefficient (Wildman–Crippen LogP) is 0.519. The quantitative estimate of drug-likeness (QED) is 0.674. The van der Waals surface area contributed by atoms with Gasteiger partial charge in [-0.1, -0.05) is 6.92 Å². The molecule has 0 saturated heterocycles. The van der Waals surface area contributed by atoms with Crippen LogP contribution in [0, 0.1) is 0 Å². The average molecular weight is 168 g/mol. The smallest absolute Gasteiger partial charge is 0.151 e. The van der Waals surface area contributed by atoms with Crippen molar-refractivity contribution in [2.75, 3.05) is 13.6 Å². The highest BCUT2D eigenvalue weighted by atomic mass is 15.2. The summed E-state index contributed by atoms with van der Waals surface area (Å²) in [5.74, 6) is 1.91. The molecule has 1 rings (SSSR count). The number of H-pyrrole nitrogens is 1. The Morgan fingerprint density at radius 3 is 2.92 bits per heavy atom. The van der Waals surface area contributed by atoms with Gasteiger partial charge in [-0.05, 0) is 13.5 Å². The Hall–Kier alpha value is -0.900. The van der Waals surface area contributed by atoms with E-state index in [9.17, 15) is 0 Å². The fourth-order valence-electron chi connectivity index (χ4n) is 1.03. The number of likely N-dealkylation sites (N-methyl/N-ethyl adjacent to an activating group) is 1. The third-order valence-corrected chi connectivity index (χ3v) is 1.66. The standard InChI is InChI=1S/C8H16N4/c1-3-4-7-10-8(12-11-7)5-6-9-2/h9H,3-6H2,1-2H3,(H,10,11,12). The summed E-state index contributed by atoms with van der Waals surface area (Å²) < 4.78 is 0. The first-order valence-electron chi connectivity index (χ1n) is 4.41. The summed E-state index contributed by atoms with van der Waals surface area (Å²) in [6.45, 7) is 3.07. The summed E-state index contributed by atoms with van der Waals surface area (Å²) >= 11 is 0. The minimum absolute atomic E-state index is 0.900. The molecule has 4 nitrogen and oxygen atoms in total. The van der Waals surface area contributed by atoms with Crippen LogP contribution < -0.4 is 5.32 Å². The topological polar surface area (TPSA) is 53.6 Å². The lowest BCUT2D eigenvalue weighted by Gasteiger charge is -1.91. The molecule has 0 fully saturated rings. The summed E-state index contributed by atoms with van der Waals surface area (Å²) in [4.78, 5) is 4.33. The molecule has 0 aliphatic carbocycles. The van der Waals surface area contributed by atoms with Crippen LogP contribution in [-0.4, -0.2) is 28.8 Å². The SMILES string of the molecule is CCCc1nc(CCNC)n[nH]1. The first kappa shape index (κ1) is 9.19. The highest BCUT2D eigenvalue weighted by Crippen LogP contribution is 1.96. The normalized spacial score (nSPS) is 10.5. The Labute approximate surface area is 72.8 Å². The maximum Gasteiger partial charge on any atom is 0.151 e. The van der Waals surface area contributed by atoms with Crippen LogP contribution >= 0.6 is 0 Å². The molecule has 0 radical (unpaired) electrons. The predicted molar refractivity (Wildman–Crippen MR) is 48.0 cm³/mol. The van der Waals surface area contributed by atoms with E-state index in [4.69, 9.17) is 0 Å². The zero-order chi connectivity index (χ0) is 8.81. The summed E-state index contributed by atoms with van der Waals surface area (Å²) in [6.07, 6.45) is 3.00. The van der Waals surface area contributed by atoms with E-state index in [0.29, 0.717) is 0 Å². The molecule has 0 amide bonds. The number of nitrogens with zero attached hydrogens (tertiary/aromatic N) is 2. The van der Waals surface area contributed by atoms with Crippen LogP contribution in [0.25, 0.3) is 0 Å². The molecule has 2 N–H and O–H groups in total. The first-order valence-corrected chi connectivity index (χ1v) is 4.41. The van der Waals surface area contributed by atoms with Gasteiger partial charge in [0.15, 0.2) is 5.82 Å². The van der Waals surface area contributed by atoms with Crippen molar-refractivity contribution in [3.63, 3.8) is 0 Å². The van der Waals surface area contributed by atoms with Crippen LogP contribution in [0.1, 0.15) is 25.0 Å². The average Bonchev–Trinajstić information content (AvgIpc) is 2.50. The number of aryl methyl sites for hydroxylation is 1. The molecule has 1 heterocycles. The molecule has 0 bridgehead atoms. The third kappa shape index (κ3) is 2.62. The maximum atomic E-state index is 4.33. The molecule has 1 aromatic rings. The molecule has 4 heteroatoms. The lowest BCUT2D eigenvalue weighted by molar-refractivity contribution is 0.758. The van der Waals surface area contributed by atoms with E-state index in [0.717, 1.165) is 37.5 Å². The molecule has 0 saturated carbocycles. The van der Waals surface area contributed by atoms with Crippen molar-refractivity contribution in [3.05, 3.63) is 11.6 Å². The molecule has 1 aromatic heterocycles. The highest BCUT2D eigenvalue weighted by molar-refractivity contribution is 4.90.